The van der Waals surface area contributed by atoms with Gasteiger partial charge in [-0.25, -0.2) is 0 Å². The van der Waals surface area contributed by atoms with Gasteiger partial charge in [-0.2, -0.15) is 0 Å². The molecular weight excluding hydrogens is 394 g/mol. The average molecular weight is 438 g/mol. The fourth-order valence-electron chi connectivity index (χ4n) is 5.61. The first kappa shape index (κ1) is 23.4. The van der Waals surface area contributed by atoms with Crippen molar-refractivity contribution >= 4 is 22.9 Å². The molecule has 0 spiro atoms. The van der Waals surface area contributed by atoms with Gasteiger partial charge in [0, 0.05) is 56.1 Å². The lowest BCUT2D eigenvalue weighted by Crippen LogP contribution is -2.46. The zero-order valence-electron chi connectivity index (χ0n) is 20.8. The highest BCUT2D eigenvalue weighted by Crippen LogP contribution is 2.43. The molecule has 1 amide bonds. The van der Waals surface area contributed by atoms with E-state index >= 15 is 0 Å². The van der Waals surface area contributed by atoms with Crippen LogP contribution in [-0.4, -0.2) is 50.1 Å². The molecular formula is C28H43N3O. The number of amides is 1. The first-order valence-corrected chi connectivity index (χ1v) is 13.0. The monoisotopic (exact) mass is 437 g/mol. The van der Waals surface area contributed by atoms with E-state index in [-0.39, 0.29) is 5.91 Å². The third kappa shape index (κ3) is 5.22. The Labute approximate surface area is 195 Å². The van der Waals surface area contributed by atoms with Gasteiger partial charge in [0.15, 0.2) is 0 Å². The van der Waals surface area contributed by atoms with Gasteiger partial charge in [0.2, 0.25) is 5.91 Å². The normalized spacial score (nSPS) is 23.1. The van der Waals surface area contributed by atoms with Crippen molar-refractivity contribution in [3.8, 4) is 0 Å². The van der Waals surface area contributed by atoms with E-state index in [2.05, 4.69) is 61.8 Å². The molecule has 0 bridgehead atoms. The van der Waals surface area contributed by atoms with E-state index in [4.69, 9.17) is 0 Å². The van der Waals surface area contributed by atoms with E-state index in [1.54, 1.807) is 0 Å². The van der Waals surface area contributed by atoms with E-state index in [1.165, 1.54) is 42.6 Å². The highest BCUT2D eigenvalue weighted by molar-refractivity contribution is 5.96. The molecule has 1 aliphatic carbocycles. The highest BCUT2D eigenvalue weighted by atomic mass is 16.2. The number of carbonyl (C=O) groups is 1. The zero-order valence-corrected chi connectivity index (χ0v) is 20.8. The van der Waals surface area contributed by atoms with Crippen molar-refractivity contribution in [2.75, 3.05) is 49.1 Å². The number of anilines is 2. The second-order valence-corrected chi connectivity index (χ2v) is 11.1. The second kappa shape index (κ2) is 9.99. The molecule has 3 aliphatic rings. The molecule has 4 heteroatoms. The molecule has 2 fully saturated rings. The molecule has 0 radical (unpaired) electrons. The Morgan fingerprint density at radius 1 is 1.03 bits per heavy atom. The van der Waals surface area contributed by atoms with E-state index in [0.29, 0.717) is 11.8 Å². The largest absolute Gasteiger partial charge is 0.368 e. The van der Waals surface area contributed by atoms with Gasteiger partial charge in [0.1, 0.15) is 0 Å². The summed E-state index contributed by atoms with van der Waals surface area (Å²) in [6.45, 7) is 16.0. The van der Waals surface area contributed by atoms with Gasteiger partial charge >= 0.3 is 0 Å². The molecule has 4 rings (SSSR count). The molecule has 2 saturated heterocycles. The van der Waals surface area contributed by atoms with E-state index in [1.807, 2.05) is 4.90 Å². The van der Waals surface area contributed by atoms with Crippen molar-refractivity contribution in [2.45, 2.75) is 72.6 Å². The number of piperazine rings is 1. The van der Waals surface area contributed by atoms with E-state index in [0.717, 1.165) is 63.6 Å². The standard InChI is InChI=1S/C28H43N3O/c1-5-6-15-29-17-19-30(20-18-29)26-14-13-24(31-16-7-8-27(31)32)21-25(26)22-9-11-23(12-10-22)28(2,3)4/h9,13-14,21,23H,5-8,10-12,15-20H2,1-4H3. The highest BCUT2D eigenvalue weighted by Gasteiger charge is 2.29. The Morgan fingerprint density at radius 2 is 1.81 bits per heavy atom. The lowest BCUT2D eigenvalue weighted by atomic mass is 9.72. The molecule has 2 aliphatic heterocycles. The van der Waals surface area contributed by atoms with Crippen LogP contribution in [0.15, 0.2) is 24.3 Å². The van der Waals surface area contributed by atoms with Gasteiger partial charge in [0.25, 0.3) is 0 Å². The molecule has 1 atom stereocenters. The third-order valence-electron chi connectivity index (χ3n) is 7.89. The minimum absolute atomic E-state index is 0.277. The summed E-state index contributed by atoms with van der Waals surface area (Å²) in [5, 5.41) is 0. The van der Waals surface area contributed by atoms with Gasteiger partial charge in [-0.1, -0.05) is 40.2 Å². The first-order chi connectivity index (χ1) is 15.4. The Hall–Kier alpha value is -1.81. The number of hydrogen-bond acceptors (Lipinski definition) is 3. The molecule has 0 N–H and O–H groups in total. The first-order valence-electron chi connectivity index (χ1n) is 13.0. The van der Waals surface area contributed by atoms with Crippen molar-refractivity contribution in [1.82, 2.24) is 4.90 Å². The minimum Gasteiger partial charge on any atom is -0.368 e. The fraction of sp³-hybridized carbons (Fsp3) is 0.679. The quantitative estimate of drug-likeness (QED) is 0.549. The summed E-state index contributed by atoms with van der Waals surface area (Å²) in [6, 6.07) is 6.81. The number of hydrogen-bond donors (Lipinski definition) is 0. The molecule has 0 saturated carbocycles. The number of carbonyl (C=O) groups excluding carboxylic acids is 1. The number of benzene rings is 1. The third-order valence-corrected chi connectivity index (χ3v) is 7.89. The molecule has 2 heterocycles. The van der Waals surface area contributed by atoms with E-state index in [9.17, 15) is 4.79 Å². The predicted molar refractivity (Wildman–Crippen MR) is 136 cm³/mol. The number of nitrogens with zero attached hydrogens (tertiary/aromatic N) is 3. The number of unbranched alkanes of at least 4 members (excludes halogenated alkanes) is 1. The summed E-state index contributed by atoms with van der Waals surface area (Å²) in [4.78, 5) is 19.6. The van der Waals surface area contributed by atoms with E-state index < -0.39 is 0 Å². The Bertz CT molecular complexity index is 830. The summed E-state index contributed by atoms with van der Waals surface area (Å²) in [6.07, 6.45) is 10.3. The van der Waals surface area contributed by atoms with Crippen LogP contribution < -0.4 is 9.80 Å². The Kier molecular flexibility index (Phi) is 7.29. The van der Waals surface area contributed by atoms with Crippen LogP contribution >= 0.6 is 0 Å². The van der Waals surface area contributed by atoms with Crippen molar-refractivity contribution in [1.29, 1.82) is 0 Å². The van der Waals surface area contributed by atoms with Crippen molar-refractivity contribution in [3.63, 3.8) is 0 Å². The Morgan fingerprint density at radius 3 is 2.41 bits per heavy atom. The van der Waals surface area contributed by atoms with Crippen molar-refractivity contribution < 1.29 is 4.79 Å². The maximum Gasteiger partial charge on any atom is 0.227 e. The second-order valence-electron chi connectivity index (χ2n) is 11.1. The van der Waals surface area contributed by atoms with Gasteiger partial charge in [0.05, 0.1) is 0 Å². The van der Waals surface area contributed by atoms with Crippen LogP contribution in [0.2, 0.25) is 0 Å². The Balaban J connectivity index is 1.59. The average Bonchev–Trinajstić information content (AvgIpc) is 3.23. The lowest BCUT2D eigenvalue weighted by Gasteiger charge is -2.38. The summed E-state index contributed by atoms with van der Waals surface area (Å²) in [7, 11) is 0. The molecule has 176 valence electrons. The molecule has 32 heavy (non-hydrogen) atoms. The summed E-state index contributed by atoms with van der Waals surface area (Å²) >= 11 is 0. The van der Waals surface area contributed by atoms with Crippen LogP contribution in [-0.2, 0) is 4.79 Å². The molecule has 1 aromatic carbocycles. The van der Waals surface area contributed by atoms with Crippen LogP contribution in [0.1, 0.15) is 78.2 Å². The number of allylic oxidation sites excluding steroid dienone is 2. The molecule has 4 nitrogen and oxygen atoms in total. The van der Waals surface area contributed by atoms with Crippen LogP contribution in [0.5, 0.6) is 0 Å². The van der Waals surface area contributed by atoms with Crippen LogP contribution in [0.3, 0.4) is 0 Å². The summed E-state index contributed by atoms with van der Waals surface area (Å²) in [5.41, 5.74) is 5.69. The van der Waals surface area contributed by atoms with Crippen LogP contribution in [0, 0.1) is 11.3 Å². The van der Waals surface area contributed by atoms with Gasteiger partial charge in [-0.05, 0) is 73.8 Å². The van der Waals surface area contributed by atoms with Gasteiger partial charge < -0.3 is 9.80 Å². The predicted octanol–water partition coefficient (Wildman–Crippen LogP) is 5.97. The maximum absolute atomic E-state index is 12.4. The molecule has 1 aromatic rings. The lowest BCUT2D eigenvalue weighted by molar-refractivity contribution is -0.117. The summed E-state index contributed by atoms with van der Waals surface area (Å²) < 4.78 is 0. The summed E-state index contributed by atoms with van der Waals surface area (Å²) in [5.74, 6) is 1.03. The van der Waals surface area contributed by atoms with Crippen molar-refractivity contribution in [2.24, 2.45) is 11.3 Å². The van der Waals surface area contributed by atoms with Gasteiger partial charge in [-0.3, -0.25) is 9.69 Å². The van der Waals surface area contributed by atoms with Gasteiger partial charge in [-0.15, -0.1) is 0 Å². The van der Waals surface area contributed by atoms with Crippen molar-refractivity contribution in [3.05, 3.63) is 29.8 Å². The molecule has 1 unspecified atom stereocenters. The SMILES string of the molecule is CCCCN1CCN(c2ccc(N3CCCC3=O)cc2C2=CCC(C(C)(C)C)CC2)CC1. The smallest absolute Gasteiger partial charge is 0.227 e. The number of rotatable bonds is 6. The fourth-order valence-corrected chi connectivity index (χ4v) is 5.61. The zero-order chi connectivity index (χ0) is 22.7. The van der Waals surface area contributed by atoms with Crippen LogP contribution in [0.4, 0.5) is 11.4 Å². The minimum atomic E-state index is 0.277. The maximum atomic E-state index is 12.4. The topological polar surface area (TPSA) is 26.8 Å². The van der Waals surface area contributed by atoms with Crippen LogP contribution in [0.25, 0.3) is 5.57 Å². The molecule has 0 aromatic heterocycles.